The molecule has 4 heteroatoms. The highest BCUT2D eigenvalue weighted by molar-refractivity contribution is 5.79. The molecule has 0 N–H and O–H groups in total. The Bertz CT molecular complexity index is 450. The van der Waals surface area contributed by atoms with Crippen LogP contribution in [0, 0.1) is 17.2 Å². The molecule has 0 bridgehead atoms. The van der Waals surface area contributed by atoms with E-state index >= 15 is 0 Å². The van der Waals surface area contributed by atoms with Crippen LogP contribution in [0.15, 0.2) is 18.3 Å². The zero-order chi connectivity index (χ0) is 11.5. The molecule has 0 aliphatic carbocycles. The van der Waals surface area contributed by atoms with Crippen LogP contribution in [0.2, 0.25) is 0 Å². The monoisotopic (exact) mass is 215 g/mol. The predicted molar refractivity (Wildman–Crippen MR) is 60.0 cm³/mol. The summed E-state index contributed by atoms with van der Waals surface area (Å²) in [6, 6.07) is 5.54. The van der Waals surface area contributed by atoms with E-state index in [1.807, 2.05) is 0 Å². The molecule has 1 aliphatic rings. The normalized spacial score (nSPS) is 19.5. The van der Waals surface area contributed by atoms with Gasteiger partial charge in [-0.3, -0.25) is 4.79 Å². The average Bonchev–Trinajstić information content (AvgIpc) is 2.78. The molecule has 0 radical (unpaired) electrons. The third kappa shape index (κ3) is 2.03. The zero-order valence-corrected chi connectivity index (χ0v) is 9.18. The number of nitrogens with zero attached hydrogens (tertiary/aromatic N) is 3. The highest BCUT2D eigenvalue weighted by Crippen LogP contribution is 2.22. The van der Waals surface area contributed by atoms with Crippen LogP contribution >= 0.6 is 0 Å². The fourth-order valence-electron chi connectivity index (χ4n) is 1.96. The minimum atomic E-state index is 0.118. The van der Waals surface area contributed by atoms with Gasteiger partial charge in [0.1, 0.15) is 11.6 Å². The quantitative estimate of drug-likeness (QED) is 0.747. The van der Waals surface area contributed by atoms with Crippen LogP contribution in [0.4, 0.5) is 5.82 Å². The maximum Gasteiger partial charge on any atom is 0.134 e. The average molecular weight is 215 g/mol. The van der Waals surface area contributed by atoms with E-state index in [9.17, 15) is 4.79 Å². The summed E-state index contributed by atoms with van der Waals surface area (Å²) in [5, 5.41) is 8.79. The van der Waals surface area contributed by atoms with E-state index in [1.54, 1.807) is 25.3 Å². The first-order valence-corrected chi connectivity index (χ1v) is 5.32. The number of pyridine rings is 1. The van der Waals surface area contributed by atoms with Crippen molar-refractivity contribution in [2.24, 2.45) is 5.92 Å². The predicted octanol–water partition coefficient (Wildman–Crippen LogP) is 1.37. The van der Waals surface area contributed by atoms with E-state index in [0.717, 1.165) is 25.3 Å². The Balaban J connectivity index is 2.14. The summed E-state index contributed by atoms with van der Waals surface area (Å²) in [6.07, 6.45) is 2.52. The van der Waals surface area contributed by atoms with Gasteiger partial charge in [0.15, 0.2) is 0 Å². The number of carbonyl (C=O) groups is 1. The number of nitriles is 1. The number of hydrogen-bond acceptors (Lipinski definition) is 4. The number of aromatic nitrogens is 1. The molecule has 1 fully saturated rings. The Morgan fingerprint density at radius 1 is 1.69 bits per heavy atom. The molecule has 0 amide bonds. The highest BCUT2D eigenvalue weighted by Gasteiger charge is 2.26. The van der Waals surface area contributed by atoms with Crippen molar-refractivity contribution in [3.63, 3.8) is 0 Å². The fraction of sp³-hybridized carbons (Fsp3) is 0.417. The van der Waals surface area contributed by atoms with E-state index in [1.165, 1.54) is 0 Å². The SMILES string of the molecule is CC(=O)[C@H]1CCN(c2cc(C#N)ccn2)C1. The minimum absolute atomic E-state index is 0.118. The van der Waals surface area contributed by atoms with Crippen LogP contribution in [0.3, 0.4) is 0 Å². The lowest BCUT2D eigenvalue weighted by molar-refractivity contribution is -0.120. The molecule has 82 valence electrons. The summed E-state index contributed by atoms with van der Waals surface area (Å²) in [5.74, 6) is 1.15. The Morgan fingerprint density at radius 2 is 2.50 bits per heavy atom. The van der Waals surface area contributed by atoms with Gasteiger partial charge in [0.05, 0.1) is 11.6 Å². The number of ketones is 1. The highest BCUT2D eigenvalue weighted by atomic mass is 16.1. The van der Waals surface area contributed by atoms with Gasteiger partial charge in [-0.05, 0) is 25.5 Å². The number of carbonyl (C=O) groups excluding carboxylic acids is 1. The standard InChI is InChI=1S/C12H13N3O/c1-9(16)11-3-5-15(8-11)12-6-10(7-13)2-4-14-12/h2,4,6,11H,3,5,8H2,1H3/t11-/m0/s1. The van der Waals surface area contributed by atoms with Gasteiger partial charge in [0, 0.05) is 25.2 Å². The molecule has 1 aromatic heterocycles. The summed E-state index contributed by atoms with van der Waals surface area (Å²) >= 11 is 0. The first kappa shape index (κ1) is 10.6. The second kappa shape index (κ2) is 4.31. The summed E-state index contributed by atoms with van der Waals surface area (Å²) in [7, 11) is 0. The molecule has 2 rings (SSSR count). The Labute approximate surface area is 94.5 Å². The lowest BCUT2D eigenvalue weighted by Gasteiger charge is -2.16. The van der Waals surface area contributed by atoms with E-state index in [0.29, 0.717) is 5.56 Å². The molecule has 1 saturated heterocycles. The summed E-state index contributed by atoms with van der Waals surface area (Å²) in [5.41, 5.74) is 0.608. The Morgan fingerprint density at radius 3 is 3.12 bits per heavy atom. The first-order chi connectivity index (χ1) is 7.70. The van der Waals surface area contributed by atoms with Crippen LogP contribution in [0.5, 0.6) is 0 Å². The van der Waals surface area contributed by atoms with Crippen molar-refractivity contribution in [1.82, 2.24) is 4.98 Å². The van der Waals surface area contributed by atoms with Crippen LogP contribution in [-0.2, 0) is 4.79 Å². The van der Waals surface area contributed by atoms with Gasteiger partial charge in [-0.2, -0.15) is 5.26 Å². The molecule has 1 aromatic rings. The third-order valence-electron chi connectivity index (χ3n) is 2.96. The minimum Gasteiger partial charge on any atom is -0.356 e. The molecule has 2 heterocycles. The molecule has 1 aliphatic heterocycles. The van der Waals surface area contributed by atoms with E-state index in [2.05, 4.69) is 16.0 Å². The smallest absolute Gasteiger partial charge is 0.134 e. The van der Waals surface area contributed by atoms with Crippen LogP contribution < -0.4 is 4.90 Å². The number of hydrogen-bond donors (Lipinski definition) is 0. The van der Waals surface area contributed by atoms with Gasteiger partial charge in [-0.25, -0.2) is 4.98 Å². The molecule has 0 aromatic carbocycles. The number of anilines is 1. The second-order valence-electron chi connectivity index (χ2n) is 4.06. The van der Waals surface area contributed by atoms with Crippen molar-refractivity contribution in [2.45, 2.75) is 13.3 Å². The van der Waals surface area contributed by atoms with Crippen molar-refractivity contribution < 1.29 is 4.79 Å². The molecular weight excluding hydrogens is 202 g/mol. The Hall–Kier alpha value is -1.89. The molecular formula is C12H13N3O. The molecule has 0 spiro atoms. The topological polar surface area (TPSA) is 57.0 Å². The maximum atomic E-state index is 11.2. The van der Waals surface area contributed by atoms with Crippen molar-refractivity contribution in [3.05, 3.63) is 23.9 Å². The fourth-order valence-corrected chi connectivity index (χ4v) is 1.96. The first-order valence-electron chi connectivity index (χ1n) is 5.32. The van der Waals surface area contributed by atoms with Crippen LogP contribution in [-0.4, -0.2) is 23.9 Å². The van der Waals surface area contributed by atoms with E-state index < -0.39 is 0 Å². The molecule has 0 unspecified atom stereocenters. The van der Waals surface area contributed by atoms with Crippen LogP contribution in [0.25, 0.3) is 0 Å². The third-order valence-corrected chi connectivity index (χ3v) is 2.96. The summed E-state index contributed by atoms with van der Waals surface area (Å²) in [4.78, 5) is 17.5. The number of rotatable bonds is 2. The van der Waals surface area contributed by atoms with Gasteiger partial charge in [-0.15, -0.1) is 0 Å². The molecule has 4 nitrogen and oxygen atoms in total. The zero-order valence-electron chi connectivity index (χ0n) is 9.18. The van der Waals surface area contributed by atoms with Crippen LogP contribution in [0.1, 0.15) is 18.9 Å². The largest absolute Gasteiger partial charge is 0.356 e. The lowest BCUT2D eigenvalue weighted by Crippen LogP contribution is -2.22. The van der Waals surface area contributed by atoms with Gasteiger partial charge >= 0.3 is 0 Å². The van der Waals surface area contributed by atoms with E-state index in [-0.39, 0.29) is 11.7 Å². The summed E-state index contributed by atoms with van der Waals surface area (Å²) < 4.78 is 0. The van der Waals surface area contributed by atoms with Gasteiger partial charge in [0.2, 0.25) is 0 Å². The molecule has 1 atom stereocenters. The van der Waals surface area contributed by atoms with Crippen molar-refractivity contribution in [2.75, 3.05) is 18.0 Å². The van der Waals surface area contributed by atoms with Crippen molar-refractivity contribution in [1.29, 1.82) is 5.26 Å². The summed E-state index contributed by atoms with van der Waals surface area (Å²) in [6.45, 7) is 3.19. The Kier molecular flexibility index (Phi) is 2.86. The molecule has 16 heavy (non-hydrogen) atoms. The number of Topliss-reactive ketones (excluding diaryl/α,β-unsaturated/α-hetero) is 1. The van der Waals surface area contributed by atoms with Crippen molar-refractivity contribution in [3.8, 4) is 6.07 Å². The molecule has 0 saturated carbocycles. The lowest BCUT2D eigenvalue weighted by atomic mass is 10.1. The van der Waals surface area contributed by atoms with Gasteiger partial charge in [-0.1, -0.05) is 0 Å². The second-order valence-corrected chi connectivity index (χ2v) is 4.06. The van der Waals surface area contributed by atoms with Gasteiger partial charge < -0.3 is 4.90 Å². The maximum absolute atomic E-state index is 11.2. The van der Waals surface area contributed by atoms with Gasteiger partial charge in [0.25, 0.3) is 0 Å². The van der Waals surface area contributed by atoms with E-state index in [4.69, 9.17) is 5.26 Å². The van der Waals surface area contributed by atoms with Crippen molar-refractivity contribution >= 4 is 11.6 Å².